The van der Waals surface area contributed by atoms with Crippen molar-refractivity contribution in [2.24, 2.45) is 0 Å². The molecule has 0 aliphatic carbocycles. The van der Waals surface area contributed by atoms with E-state index in [-0.39, 0.29) is 16.0 Å². The maximum absolute atomic E-state index is 12.8. The quantitative estimate of drug-likeness (QED) is 0.642. The molecule has 0 radical (unpaired) electrons. The molecule has 0 saturated carbocycles. The van der Waals surface area contributed by atoms with Crippen molar-refractivity contribution in [3.8, 4) is 0 Å². The molecule has 0 aromatic heterocycles. The van der Waals surface area contributed by atoms with Crippen molar-refractivity contribution in [1.82, 2.24) is 0 Å². The topological polar surface area (TPSA) is 68.3 Å². The Kier molecular flexibility index (Phi) is 3.99. The Balaban J connectivity index is 2.28. The average molecular weight is 306 g/mol. The first-order chi connectivity index (χ1) is 9.79. The molecule has 0 atom stereocenters. The van der Waals surface area contributed by atoms with E-state index in [1.807, 2.05) is 0 Å². The predicted molar refractivity (Wildman–Crippen MR) is 74.6 cm³/mol. The maximum Gasteiger partial charge on any atom is 0.233 e. The van der Waals surface area contributed by atoms with E-state index in [1.54, 1.807) is 0 Å². The number of ketones is 2. The zero-order valence-corrected chi connectivity index (χ0v) is 11.9. The Morgan fingerprint density at radius 3 is 1.57 bits per heavy atom. The van der Waals surface area contributed by atoms with E-state index >= 15 is 0 Å². The number of halogens is 1. The Labute approximate surface area is 121 Å². The van der Waals surface area contributed by atoms with Crippen LogP contribution in [0.1, 0.15) is 20.7 Å². The molecule has 2 aromatic rings. The SMILES string of the molecule is CS(=O)(=O)c1ccc(C(=O)C(=O)c2ccc(F)cc2)cc1. The van der Waals surface area contributed by atoms with Gasteiger partial charge in [-0.15, -0.1) is 0 Å². The number of hydrogen-bond acceptors (Lipinski definition) is 4. The van der Waals surface area contributed by atoms with E-state index in [4.69, 9.17) is 0 Å². The summed E-state index contributed by atoms with van der Waals surface area (Å²) in [4.78, 5) is 24.0. The van der Waals surface area contributed by atoms with Gasteiger partial charge in [0.25, 0.3) is 0 Å². The molecule has 0 unspecified atom stereocenters. The highest BCUT2D eigenvalue weighted by atomic mass is 32.2. The van der Waals surface area contributed by atoms with Crippen molar-refractivity contribution in [2.45, 2.75) is 4.90 Å². The number of benzene rings is 2. The van der Waals surface area contributed by atoms with Crippen molar-refractivity contribution in [1.29, 1.82) is 0 Å². The molecular formula is C15H11FO4S. The van der Waals surface area contributed by atoms with E-state index in [1.165, 1.54) is 36.4 Å². The van der Waals surface area contributed by atoms with Crippen LogP contribution >= 0.6 is 0 Å². The molecule has 0 spiro atoms. The van der Waals surface area contributed by atoms with Gasteiger partial charge in [0.05, 0.1) is 4.90 Å². The van der Waals surface area contributed by atoms with Gasteiger partial charge in [0.2, 0.25) is 11.6 Å². The minimum absolute atomic E-state index is 0.0632. The van der Waals surface area contributed by atoms with Gasteiger partial charge in [0, 0.05) is 17.4 Å². The van der Waals surface area contributed by atoms with Crippen LogP contribution in [0.4, 0.5) is 4.39 Å². The third-order valence-corrected chi connectivity index (χ3v) is 3.99. The summed E-state index contributed by atoms with van der Waals surface area (Å²) in [5.41, 5.74) is 0.158. The monoisotopic (exact) mass is 306 g/mol. The lowest BCUT2D eigenvalue weighted by molar-refractivity contribution is 0.0817. The summed E-state index contributed by atoms with van der Waals surface area (Å²) < 4.78 is 35.4. The highest BCUT2D eigenvalue weighted by Crippen LogP contribution is 2.13. The number of carbonyl (C=O) groups excluding carboxylic acids is 2. The van der Waals surface area contributed by atoms with Crippen LogP contribution in [-0.2, 0) is 9.84 Å². The third-order valence-electron chi connectivity index (χ3n) is 2.86. The molecule has 2 aromatic carbocycles. The van der Waals surface area contributed by atoms with Crippen LogP contribution in [0.25, 0.3) is 0 Å². The molecule has 108 valence electrons. The van der Waals surface area contributed by atoms with E-state index in [2.05, 4.69) is 0 Å². The first-order valence-corrected chi connectivity index (χ1v) is 7.83. The largest absolute Gasteiger partial charge is 0.285 e. The molecule has 6 heteroatoms. The zero-order valence-electron chi connectivity index (χ0n) is 11.0. The lowest BCUT2D eigenvalue weighted by Gasteiger charge is -2.02. The molecule has 0 heterocycles. The van der Waals surface area contributed by atoms with Gasteiger partial charge in [0.15, 0.2) is 9.84 Å². The van der Waals surface area contributed by atoms with Gasteiger partial charge in [-0.1, -0.05) is 0 Å². The predicted octanol–water partition coefficient (Wildman–Crippen LogP) is 2.29. The Morgan fingerprint density at radius 1 is 0.810 bits per heavy atom. The molecule has 2 rings (SSSR count). The van der Waals surface area contributed by atoms with Gasteiger partial charge >= 0.3 is 0 Å². The summed E-state index contributed by atoms with van der Waals surface area (Å²) in [6.07, 6.45) is 1.05. The molecule has 21 heavy (non-hydrogen) atoms. The number of rotatable bonds is 4. The minimum atomic E-state index is -3.36. The second-order valence-electron chi connectivity index (χ2n) is 4.46. The summed E-state index contributed by atoms with van der Waals surface area (Å²) in [6.45, 7) is 0. The van der Waals surface area contributed by atoms with Gasteiger partial charge < -0.3 is 0 Å². The normalized spacial score (nSPS) is 11.1. The van der Waals surface area contributed by atoms with Gasteiger partial charge in [-0.05, 0) is 48.5 Å². The molecule has 0 saturated heterocycles. The van der Waals surface area contributed by atoms with Crippen LogP contribution in [0, 0.1) is 5.82 Å². The molecule has 0 aliphatic rings. The number of hydrogen-bond donors (Lipinski definition) is 0. The van der Waals surface area contributed by atoms with Gasteiger partial charge in [-0.3, -0.25) is 9.59 Å². The summed E-state index contributed by atoms with van der Waals surface area (Å²) in [5.74, 6) is -2.06. The highest BCUT2D eigenvalue weighted by Gasteiger charge is 2.19. The fourth-order valence-corrected chi connectivity index (χ4v) is 2.35. The Bertz CT molecular complexity index is 791. The van der Waals surface area contributed by atoms with Crippen molar-refractivity contribution in [3.63, 3.8) is 0 Å². The fraction of sp³-hybridized carbons (Fsp3) is 0.0667. The molecule has 4 nitrogen and oxygen atoms in total. The summed E-state index contributed by atoms with van der Waals surface area (Å²) in [6, 6.07) is 9.71. The van der Waals surface area contributed by atoms with E-state index in [0.717, 1.165) is 18.4 Å². The van der Waals surface area contributed by atoms with Gasteiger partial charge in [-0.25, -0.2) is 12.8 Å². The van der Waals surface area contributed by atoms with Gasteiger partial charge in [0.1, 0.15) is 5.82 Å². The van der Waals surface area contributed by atoms with Crippen molar-refractivity contribution in [3.05, 3.63) is 65.5 Å². The van der Waals surface area contributed by atoms with Crippen LogP contribution in [0.15, 0.2) is 53.4 Å². The smallest absolute Gasteiger partial charge is 0.233 e. The lowest BCUT2D eigenvalue weighted by Crippen LogP contribution is -2.14. The molecule has 0 fully saturated rings. The fourth-order valence-electron chi connectivity index (χ4n) is 1.72. The van der Waals surface area contributed by atoms with E-state index in [0.29, 0.717) is 0 Å². The van der Waals surface area contributed by atoms with Crippen LogP contribution < -0.4 is 0 Å². The number of carbonyl (C=O) groups is 2. The maximum atomic E-state index is 12.8. The molecule has 0 amide bonds. The third kappa shape index (κ3) is 3.41. The minimum Gasteiger partial charge on any atom is -0.285 e. The van der Waals surface area contributed by atoms with Crippen molar-refractivity contribution < 1.29 is 22.4 Å². The van der Waals surface area contributed by atoms with Crippen molar-refractivity contribution >= 4 is 21.4 Å². The second-order valence-corrected chi connectivity index (χ2v) is 6.48. The number of sulfone groups is 1. The summed E-state index contributed by atoms with van der Waals surface area (Å²) in [5, 5.41) is 0. The lowest BCUT2D eigenvalue weighted by atomic mass is 10.0. The molecule has 0 aliphatic heterocycles. The molecule has 0 N–H and O–H groups in total. The van der Waals surface area contributed by atoms with Gasteiger partial charge in [-0.2, -0.15) is 0 Å². The van der Waals surface area contributed by atoms with Crippen molar-refractivity contribution in [2.75, 3.05) is 6.26 Å². The Morgan fingerprint density at radius 2 is 1.19 bits per heavy atom. The van der Waals surface area contributed by atoms with Crippen LogP contribution in [-0.4, -0.2) is 26.2 Å². The van der Waals surface area contributed by atoms with Crippen LogP contribution in [0.2, 0.25) is 0 Å². The van der Waals surface area contributed by atoms with Crippen LogP contribution in [0.5, 0.6) is 0 Å². The summed E-state index contributed by atoms with van der Waals surface area (Å²) >= 11 is 0. The average Bonchev–Trinajstić information content (AvgIpc) is 2.46. The Hall–Kier alpha value is -2.34. The van der Waals surface area contributed by atoms with Crippen LogP contribution in [0.3, 0.4) is 0 Å². The first-order valence-electron chi connectivity index (χ1n) is 5.94. The highest BCUT2D eigenvalue weighted by molar-refractivity contribution is 7.90. The standard InChI is InChI=1S/C15H11FO4S/c1-21(19,20)13-8-4-11(5-9-13)15(18)14(17)10-2-6-12(16)7-3-10/h2-9H,1H3. The molecule has 0 bridgehead atoms. The zero-order chi connectivity index (χ0) is 15.6. The van der Waals surface area contributed by atoms with E-state index < -0.39 is 27.2 Å². The molecular weight excluding hydrogens is 295 g/mol. The summed E-state index contributed by atoms with van der Waals surface area (Å²) in [7, 11) is -3.36. The van der Waals surface area contributed by atoms with E-state index in [9.17, 15) is 22.4 Å². The second kappa shape index (κ2) is 5.57. The first kappa shape index (κ1) is 15.1. The number of Topliss-reactive ketones (excluding diaryl/α,β-unsaturated/α-hetero) is 2.